The summed E-state index contributed by atoms with van der Waals surface area (Å²) < 4.78 is 13.3. The Morgan fingerprint density at radius 3 is 2.31 bits per heavy atom. The van der Waals surface area contributed by atoms with Crippen molar-refractivity contribution in [1.82, 2.24) is 14.9 Å². The van der Waals surface area contributed by atoms with E-state index in [1.54, 1.807) is 42.3 Å². The summed E-state index contributed by atoms with van der Waals surface area (Å²) in [7, 11) is 1.71. The van der Waals surface area contributed by atoms with Gasteiger partial charge in [0.15, 0.2) is 0 Å². The zero-order chi connectivity index (χ0) is 29.6. The summed E-state index contributed by atoms with van der Waals surface area (Å²) in [5.74, 6) is -1.35. The number of nitrogens with zero attached hydrogens (tertiary/aromatic N) is 3. The highest BCUT2D eigenvalue weighted by molar-refractivity contribution is 6.30. The zero-order valence-corrected chi connectivity index (χ0v) is 23.8. The number of carboxylic acids is 1. The molecule has 0 saturated carbocycles. The summed E-state index contributed by atoms with van der Waals surface area (Å²) in [4.78, 5) is 35.9. The molecule has 0 aliphatic rings. The van der Waals surface area contributed by atoms with Crippen LogP contribution in [0.5, 0.6) is 0 Å². The van der Waals surface area contributed by atoms with E-state index in [1.807, 2.05) is 48.5 Å². The van der Waals surface area contributed by atoms with Gasteiger partial charge in [0.2, 0.25) is 0 Å². The molecule has 1 heterocycles. The molecule has 0 spiro atoms. The quantitative estimate of drug-likeness (QED) is 0.189. The van der Waals surface area contributed by atoms with Gasteiger partial charge in [-0.25, -0.2) is 14.4 Å². The molecule has 0 saturated heterocycles. The van der Waals surface area contributed by atoms with Gasteiger partial charge in [-0.15, -0.1) is 0 Å². The minimum Gasteiger partial charge on any atom is -0.481 e. The van der Waals surface area contributed by atoms with Crippen molar-refractivity contribution in [2.45, 2.75) is 32.2 Å². The Balaban J connectivity index is 1.41. The van der Waals surface area contributed by atoms with Gasteiger partial charge in [0.25, 0.3) is 5.91 Å². The SMILES string of the molecule is CN(Cc1ccc(F)cc1)C(=O)c1ccc2nc(-c3ccc(Cl)cc3)c(CCCc3cccc(CC(=O)O)c3)nc2c1. The number of aryl methyl sites for hydroxylation is 2. The molecule has 1 amide bonds. The van der Waals surface area contributed by atoms with Crippen molar-refractivity contribution in [3.8, 4) is 11.3 Å². The first-order chi connectivity index (χ1) is 20.2. The number of carbonyl (C=O) groups excluding carboxylic acids is 1. The van der Waals surface area contributed by atoms with Crippen LogP contribution in [0, 0.1) is 5.82 Å². The van der Waals surface area contributed by atoms with E-state index in [1.165, 1.54) is 12.1 Å². The molecule has 0 aliphatic heterocycles. The van der Waals surface area contributed by atoms with E-state index in [9.17, 15) is 14.0 Å². The lowest BCUT2D eigenvalue weighted by atomic mass is 10.0. The van der Waals surface area contributed by atoms with Gasteiger partial charge in [0.05, 0.1) is 28.8 Å². The summed E-state index contributed by atoms with van der Waals surface area (Å²) in [6.45, 7) is 0.344. The van der Waals surface area contributed by atoms with Gasteiger partial charge in [-0.3, -0.25) is 9.59 Å². The lowest BCUT2D eigenvalue weighted by Gasteiger charge is -2.18. The monoisotopic (exact) mass is 581 g/mol. The molecule has 4 aromatic carbocycles. The predicted molar refractivity (Wildman–Crippen MR) is 162 cm³/mol. The molecule has 212 valence electrons. The molecule has 0 atom stereocenters. The van der Waals surface area contributed by atoms with Crippen molar-refractivity contribution in [3.05, 3.63) is 130 Å². The summed E-state index contributed by atoms with van der Waals surface area (Å²) in [6, 6.07) is 26.5. The van der Waals surface area contributed by atoms with E-state index in [2.05, 4.69) is 0 Å². The van der Waals surface area contributed by atoms with Crippen LogP contribution in [0.4, 0.5) is 4.39 Å². The summed E-state index contributed by atoms with van der Waals surface area (Å²) in [5.41, 5.74) is 6.89. The Morgan fingerprint density at radius 2 is 1.57 bits per heavy atom. The van der Waals surface area contributed by atoms with E-state index in [-0.39, 0.29) is 18.1 Å². The molecule has 6 nitrogen and oxygen atoms in total. The minimum atomic E-state index is -0.856. The molecule has 1 aromatic heterocycles. The number of carboxylic acid groups (broad SMARTS) is 1. The van der Waals surface area contributed by atoms with Crippen LogP contribution in [0.2, 0.25) is 5.02 Å². The van der Waals surface area contributed by atoms with Crippen LogP contribution >= 0.6 is 11.6 Å². The molecule has 5 rings (SSSR count). The van der Waals surface area contributed by atoms with E-state index < -0.39 is 5.97 Å². The summed E-state index contributed by atoms with van der Waals surface area (Å²) in [6.07, 6.45) is 2.15. The number of hydrogen-bond donors (Lipinski definition) is 1. The Kier molecular flexibility index (Phi) is 8.88. The van der Waals surface area contributed by atoms with E-state index in [0.29, 0.717) is 34.6 Å². The van der Waals surface area contributed by atoms with Crippen LogP contribution in [0.25, 0.3) is 22.3 Å². The molecule has 0 unspecified atom stereocenters. The van der Waals surface area contributed by atoms with Crippen LogP contribution < -0.4 is 0 Å². The first kappa shape index (κ1) is 28.9. The largest absolute Gasteiger partial charge is 0.481 e. The Hall–Kier alpha value is -4.62. The van der Waals surface area contributed by atoms with Crippen molar-refractivity contribution in [2.75, 3.05) is 7.05 Å². The third-order valence-corrected chi connectivity index (χ3v) is 7.26. The molecule has 1 N–H and O–H groups in total. The van der Waals surface area contributed by atoms with Crippen molar-refractivity contribution < 1.29 is 19.1 Å². The maximum Gasteiger partial charge on any atom is 0.307 e. The number of fused-ring (bicyclic) bond motifs is 1. The fourth-order valence-corrected chi connectivity index (χ4v) is 5.05. The minimum absolute atomic E-state index is 0.00908. The second-order valence-corrected chi connectivity index (χ2v) is 10.7. The molecular weight excluding hydrogens is 553 g/mol. The third kappa shape index (κ3) is 7.17. The molecule has 0 fully saturated rings. The van der Waals surface area contributed by atoms with E-state index in [0.717, 1.165) is 46.5 Å². The van der Waals surface area contributed by atoms with Crippen molar-refractivity contribution >= 4 is 34.5 Å². The topological polar surface area (TPSA) is 83.4 Å². The van der Waals surface area contributed by atoms with Gasteiger partial charge in [0, 0.05) is 29.7 Å². The normalized spacial score (nSPS) is 11.0. The predicted octanol–water partition coefficient (Wildman–Crippen LogP) is 7.16. The van der Waals surface area contributed by atoms with Crippen LogP contribution in [0.1, 0.15) is 39.2 Å². The lowest BCUT2D eigenvalue weighted by Crippen LogP contribution is -2.26. The lowest BCUT2D eigenvalue weighted by molar-refractivity contribution is -0.136. The van der Waals surface area contributed by atoms with Gasteiger partial charge >= 0.3 is 5.97 Å². The average molecular weight is 582 g/mol. The number of halogens is 2. The maximum absolute atomic E-state index is 13.3. The average Bonchev–Trinajstić information content (AvgIpc) is 2.97. The third-order valence-electron chi connectivity index (χ3n) is 7.01. The first-order valence-electron chi connectivity index (χ1n) is 13.6. The van der Waals surface area contributed by atoms with Gasteiger partial charge in [-0.05, 0) is 78.4 Å². The Labute approximate surface area is 248 Å². The highest BCUT2D eigenvalue weighted by Crippen LogP contribution is 2.27. The standard InChI is InChI=1S/C34H29ClFN3O3/c1-39(21-23-8-15-28(36)16-9-23)34(42)26-12-17-29-31(20-26)37-30(33(38-29)25-10-13-27(35)14-11-25)7-3-5-22-4-2-6-24(18-22)19-32(40)41/h2,4,6,8-18,20H,3,5,7,19,21H2,1H3,(H,40,41). The molecule has 42 heavy (non-hydrogen) atoms. The zero-order valence-electron chi connectivity index (χ0n) is 23.1. The number of carbonyl (C=O) groups is 2. The molecule has 8 heteroatoms. The Morgan fingerprint density at radius 1 is 0.833 bits per heavy atom. The smallest absolute Gasteiger partial charge is 0.307 e. The molecular formula is C34H29ClFN3O3. The molecule has 0 radical (unpaired) electrons. The van der Waals surface area contributed by atoms with Gasteiger partial charge in [-0.2, -0.15) is 0 Å². The number of aliphatic carboxylic acids is 1. The van der Waals surface area contributed by atoms with E-state index in [4.69, 9.17) is 26.7 Å². The number of benzene rings is 4. The first-order valence-corrected chi connectivity index (χ1v) is 14.0. The molecule has 0 aliphatic carbocycles. The maximum atomic E-state index is 13.3. The molecule has 5 aromatic rings. The van der Waals surface area contributed by atoms with Gasteiger partial charge in [-0.1, -0.05) is 60.1 Å². The van der Waals surface area contributed by atoms with Crippen molar-refractivity contribution in [2.24, 2.45) is 0 Å². The van der Waals surface area contributed by atoms with Crippen LogP contribution in [-0.2, 0) is 30.6 Å². The Bertz CT molecular complexity index is 1740. The van der Waals surface area contributed by atoms with Crippen LogP contribution in [0.3, 0.4) is 0 Å². The van der Waals surface area contributed by atoms with Gasteiger partial charge in [0.1, 0.15) is 5.82 Å². The van der Waals surface area contributed by atoms with Gasteiger partial charge < -0.3 is 10.0 Å². The van der Waals surface area contributed by atoms with Crippen LogP contribution in [0.15, 0.2) is 91.0 Å². The number of rotatable bonds is 10. The highest BCUT2D eigenvalue weighted by Gasteiger charge is 2.16. The summed E-state index contributed by atoms with van der Waals surface area (Å²) in [5, 5.41) is 9.75. The summed E-state index contributed by atoms with van der Waals surface area (Å²) >= 11 is 6.13. The molecule has 0 bridgehead atoms. The number of amides is 1. The second kappa shape index (κ2) is 12.9. The number of hydrogen-bond acceptors (Lipinski definition) is 4. The fourth-order valence-electron chi connectivity index (χ4n) is 4.92. The van der Waals surface area contributed by atoms with Crippen molar-refractivity contribution in [3.63, 3.8) is 0 Å². The second-order valence-electron chi connectivity index (χ2n) is 10.3. The van der Waals surface area contributed by atoms with Crippen LogP contribution in [-0.4, -0.2) is 38.9 Å². The van der Waals surface area contributed by atoms with E-state index >= 15 is 0 Å². The number of aromatic nitrogens is 2. The fraction of sp³-hybridized carbons (Fsp3) is 0.176. The highest BCUT2D eigenvalue weighted by atomic mass is 35.5. The van der Waals surface area contributed by atoms with Crippen molar-refractivity contribution in [1.29, 1.82) is 0 Å².